The lowest BCUT2D eigenvalue weighted by atomic mass is 10.1. The molecule has 0 aliphatic rings. The van der Waals surface area contributed by atoms with Crippen molar-refractivity contribution >= 4 is 28.0 Å². The summed E-state index contributed by atoms with van der Waals surface area (Å²) >= 11 is 3.00. The third kappa shape index (κ3) is 2.01. The Kier molecular flexibility index (Phi) is 2.93. The molecular weight excluding hydrogens is 239 g/mol. The zero-order valence-electron chi connectivity index (χ0n) is 6.80. The summed E-state index contributed by atoms with van der Waals surface area (Å²) in [5, 5.41) is 0. The number of hydrogen-bond acceptors (Lipinski definition) is 2. The van der Waals surface area contributed by atoms with Crippen molar-refractivity contribution in [3.05, 3.63) is 33.5 Å². The van der Waals surface area contributed by atoms with Crippen molar-refractivity contribution in [3.63, 3.8) is 0 Å². The van der Waals surface area contributed by atoms with E-state index in [2.05, 4.69) is 15.9 Å². The average molecular weight is 245 g/mol. The van der Waals surface area contributed by atoms with E-state index < -0.39 is 5.82 Å². The second kappa shape index (κ2) is 3.79. The summed E-state index contributed by atoms with van der Waals surface area (Å²) in [5.41, 5.74) is 0.181. The maximum atomic E-state index is 13.1. The minimum atomic E-state index is -0.686. The van der Waals surface area contributed by atoms with Gasteiger partial charge in [0.05, 0.1) is 5.56 Å². The summed E-state index contributed by atoms with van der Waals surface area (Å²) in [6, 6.07) is 2.48. The van der Waals surface area contributed by atoms with E-state index in [1.807, 2.05) is 0 Å². The molecule has 2 nitrogen and oxygen atoms in total. The molecule has 0 N–H and O–H groups in total. The van der Waals surface area contributed by atoms with Crippen molar-refractivity contribution in [2.75, 3.05) is 0 Å². The molecule has 0 heterocycles. The molecule has 4 heteroatoms. The number of Topliss-reactive ketones (excluding diaryl/α,β-unsaturated/α-hetero) is 1. The van der Waals surface area contributed by atoms with Gasteiger partial charge in [0.15, 0.2) is 12.1 Å². The Balaban J connectivity index is 3.36. The van der Waals surface area contributed by atoms with Crippen LogP contribution in [0.25, 0.3) is 0 Å². The molecule has 1 rings (SSSR count). The van der Waals surface area contributed by atoms with Crippen LogP contribution in [-0.4, -0.2) is 12.1 Å². The highest BCUT2D eigenvalue weighted by molar-refractivity contribution is 9.10. The minimum Gasteiger partial charge on any atom is -0.298 e. The van der Waals surface area contributed by atoms with Crippen molar-refractivity contribution < 1.29 is 14.0 Å². The zero-order valence-corrected chi connectivity index (χ0v) is 8.39. The first-order valence-corrected chi connectivity index (χ1v) is 4.30. The fraction of sp³-hybridized carbons (Fsp3) is 0.111. The molecule has 0 spiro atoms. The molecular formula is C9H6BrFO2. The Labute approximate surface area is 82.9 Å². The van der Waals surface area contributed by atoms with Crippen LogP contribution >= 0.6 is 15.9 Å². The summed E-state index contributed by atoms with van der Waals surface area (Å²) in [6.45, 7) is 1.34. The molecule has 0 atom stereocenters. The van der Waals surface area contributed by atoms with E-state index in [0.29, 0.717) is 10.8 Å². The predicted octanol–water partition coefficient (Wildman–Crippen LogP) is 2.60. The fourth-order valence-electron chi connectivity index (χ4n) is 0.900. The van der Waals surface area contributed by atoms with Gasteiger partial charge < -0.3 is 0 Å². The van der Waals surface area contributed by atoms with Crippen LogP contribution < -0.4 is 0 Å². The van der Waals surface area contributed by atoms with Crippen molar-refractivity contribution in [2.24, 2.45) is 0 Å². The lowest BCUT2D eigenvalue weighted by Gasteiger charge is -2.01. The van der Waals surface area contributed by atoms with Gasteiger partial charge in [0.2, 0.25) is 0 Å². The number of rotatable bonds is 2. The first-order chi connectivity index (χ1) is 6.06. The standard InChI is InChI=1S/C9H6BrFO2/c1-5(13)6-2-8(10)7(4-12)9(11)3-6/h2-4H,1H3. The smallest absolute Gasteiger partial charge is 0.159 e. The lowest BCUT2D eigenvalue weighted by Crippen LogP contribution is -1.97. The Morgan fingerprint density at radius 1 is 1.54 bits per heavy atom. The highest BCUT2D eigenvalue weighted by Crippen LogP contribution is 2.20. The van der Waals surface area contributed by atoms with E-state index in [-0.39, 0.29) is 16.9 Å². The number of carbonyl (C=O) groups excluding carboxylic acids is 2. The van der Waals surface area contributed by atoms with Crippen LogP contribution in [-0.2, 0) is 0 Å². The topological polar surface area (TPSA) is 34.1 Å². The van der Waals surface area contributed by atoms with Crippen LogP contribution in [0.5, 0.6) is 0 Å². The third-order valence-electron chi connectivity index (χ3n) is 1.60. The van der Waals surface area contributed by atoms with Crippen molar-refractivity contribution in [1.29, 1.82) is 0 Å². The van der Waals surface area contributed by atoms with Gasteiger partial charge in [-0.05, 0) is 35.0 Å². The highest BCUT2D eigenvalue weighted by atomic mass is 79.9. The molecule has 0 radical (unpaired) electrons. The van der Waals surface area contributed by atoms with Crippen LogP contribution in [0.3, 0.4) is 0 Å². The van der Waals surface area contributed by atoms with Crippen LogP contribution in [0.4, 0.5) is 4.39 Å². The molecule has 1 aromatic carbocycles. The van der Waals surface area contributed by atoms with Crippen LogP contribution in [0.1, 0.15) is 27.6 Å². The normalized spacial score (nSPS) is 9.77. The van der Waals surface area contributed by atoms with E-state index >= 15 is 0 Å². The van der Waals surface area contributed by atoms with E-state index in [1.165, 1.54) is 13.0 Å². The largest absolute Gasteiger partial charge is 0.298 e. The molecule has 0 saturated heterocycles. The van der Waals surface area contributed by atoms with Gasteiger partial charge in [0, 0.05) is 10.0 Å². The van der Waals surface area contributed by atoms with Gasteiger partial charge >= 0.3 is 0 Å². The molecule has 68 valence electrons. The van der Waals surface area contributed by atoms with E-state index in [1.54, 1.807) is 0 Å². The first kappa shape index (κ1) is 10.1. The highest BCUT2D eigenvalue weighted by Gasteiger charge is 2.10. The SMILES string of the molecule is CC(=O)c1cc(F)c(C=O)c(Br)c1. The van der Waals surface area contributed by atoms with E-state index in [9.17, 15) is 14.0 Å². The fourth-order valence-corrected chi connectivity index (χ4v) is 1.43. The van der Waals surface area contributed by atoms with Gasteiger partial charge in [-0.3, -0.25) is 9.59 Å². The molecule has 0 aliphatic carbocycles. The number of ketones is 1. The maximum absolute atomic E-state index is 13.1. The van der Waals surface area contributed by atoms with Crippen LogP contribution in [0, 0.1) is 5.82 Å². The van der Waals surface area contributed by atoms with Crippen LogP contribution in [0.2, 0.25) is 0 Å². The predicted molar refractivity (Wildman–Crippen MR) is 49.5 cm³/mol. The molecule has 1 aromatic rings. The minimum absolute atomic E-state index is 0.0648. The summed E-state index contributed by atoms with van der Waals surface area (Å²) in [7, 11) is 0. The monoisotopic (exact) mass is 244 g/mol. The molecule has 0 bridgehead atoms. The summed E-state index contributed by atoms with van der Waals surface area (Å²) in [6.07, 6.45) is 0.406. The molecule has 0 unspecified atom stereocenters. The van der Waals surface area contributed by atoms with Crippen molar-refractivity contribution in [3.8, 4) is 0 Å². The van der Waals surface area contributed by atoms with Gasteiger partial charge in [-0.15, -0.1) is 0 Å². The molecule has 0 fully saturated rings. The van der Waals surface area contributed by atoms with Gasteiger partial charge in [-0.1, -0.05) is 0 Å². The number of aldehydes is 1. The van der Waals surface area contributed by atoms with E-state index in [4.69, 9.17) is 0 Å². The second-order valence-electron chi connectivity index (χ2n) is 2.53. The van der Waals surface area contributed by atoms with Crippen LogP contribution in [0.15, 0.2) is 16.6 Å². The molecule has 0 aromatic heterocycles. The quantitative estimate of drug-likeness (QED) is 0.592. The summed E-state index contributed by atoms with van der Waals surface area (Å²) in [4.78, 5) is 21.2. The molecule has 0 aliphatic heterocycles. The zero-order chi connectivity index (χ0) is 10.0. The van der Waals surface area contributed by atoms with Gasteiger partial charge in [-0.25, -0.2) is 4.39 Å². The second-order valence-corrected chi connectivity index (χ2v) is 3.38. The van der Waals surface area contributed by atoms with E-state index in [0.717, 1.165) is 6.07 Å². The number of hydrogen-bond donors (Lipinski definition) is 0. The number of benzene rings is 1. The average Bonchev–Trinajstić information content (AvgIpc) is 2.03. The Morgan fingerprint density at radius 3 is 2.54 bits per heavy atom. The molecule has 0 saturated carbocycles. The molecule has 13 heavy (non-hydrogen) atoms. The van der Waals surface area contributed by atoms with Gasteiger partial charge in [0.25, 0.3) is 0 Å². The van der Waals surface area contributed by atoms with Gasteiger partial charge in [0.1, 0.15) is 5.82 Å². The number of halogens is 2. The van der Waals surface area contributed by atoms with Crippen molar-refractivity contribution in [2.45, 2.75) is 6.92 Å². The van der Waals surface area contributed by atoms with Gasteiger partial charge in [-0.2, -0.15) is 0 Å². The summed E-state index contributed by atoms with van der Waals surface area (Å²) in [5.74, 6) is -0.924. The molecule has 0 amide bonds. The Bertz CT molecular complexity index is 351. The first-order valence-electron chi connectivity index (χ1n) is 3.51. The van der Waals surface area contributed by atoms with Crippen molar-refractivity contribution in [1.82, 2.24) is 0 Å². The Hall–Kier alpha value is -1.03. The lowest BCUT2D eigenvalue weighted by molar-refractivity contribution is 0.101. The maximum Gasteiger partial charge on any atom is 0.159 e. The Morgan fingerprint density at radius 2 is 2.15 bits per heavy atom. The summed E-state index contributed by atoms with van der Waals surface area (Å²) < 4.78 is 13.4. The third-order valence-corrected chi connectivity index (χ3v) is 2.26. The number of carbonyl (C=O) groups is 2.